The number of benzene rings is 1. The van der Waals surface area contributed by atoms with Crippen molar-refractivity contribution >= 4 is 33.4 Å². The summed E-state index contributed by atoms with van der Waals surface area (Å²) in [5, 5.41) is 11.2. The van der Waals surface area contributed by atoms with Gasteiger partial charge in [-0.1, -0.05) is 44.7 Å². The number of nitrogens with one attached hydrogen (secondary N) is 1. The molecule has 2 heterocycles. The number of hydrogen-bond acceptors (Lipinski definition) is 6. The molecule has 3 rings (SSSR count). The second-order valence-electron chi connectivity index (χ2n) is 7.96. The average Bonchev–Trinajstić information content (AvgIpc) is 3.10. The second kappa shape index (κ2) is 7.70. The molecule has 0 saturated carbocycles. The summed E-state index contributed by atoms with van der Waals surface area (Å²) in [5.41, 5.74) is 1.45. The van der Waals surface area contributed by atoms with Crippen LogP contribution in [0.4, 0.5) is 5.69 Å². The maximum absolute atomic E-state index is 13.2. The van der Waals surface area contributed by atoms with Gasteiger partial charge in [0.25, 0.3) is 0 Å². The van der Waals surface area contributed by atoms with E-state index < -0.39 is 20.9 Å². The molecule has 7 nitrogen and oxygen atoms in total. The van der Waals surface area contributed by atoms with Gasteiger partial charge in [0.05, 0.1) is 18.9 Å². The van der Waals surface area contributed by atoms with Crippen molar-refractivity contribution in [3.05, 3.63) is 35.2 Å². The third kappa shape index (κ3) is 4.22. The van der Waals surface area contributed by atoms with Crippen LogP contribution in [-0.4, -0.2) is 50.7 Å². The van der Waals surface area contributed by atoms with Crippen molar-refractivity contribution in [2.24, 2.45) is 0 Å². The molecular formula is C19H26N2O5S2. The summed E-state index contributed by atoms with van der Waals surface area (Å²) in [7, 11) is -4.06. The Labute approximate surface area is 170 Å². The van der Waals surface area contributed by atoms with Crippen LogP contribution in [-0.2, 0) is 25.0 Å². The van der Waals surface area contributed by atoms with E-state index in [0.29, 0.717) is 32.0 Å². The van der Waals surface area contributed by atoms with Crippen molar-refractivity contribution in [3.8, 4) is 0 Å². The van der Waals surface area contributed by atoms with Gasteiger partial charge in [0.2, 0.25) is 10.0 Å². The van der Waals surface area contributed by atoms with E-state index in [2.05, 4.69) is 25.5 Å². The lowest BCUT2D eigenvalue weighted by Crippen LogP contribution is -2.50. The number of morpholine rings is 1. The van der Waals surface area contributed by atoms with Gasteiger partial charge in [-0.2, -0.15) is 4.72 Å². The van der Waals surface area contributed by atoms with Crippen molar-refractivity contribution in [1.82, 2.24) is 4.72 Å². The van der Waals surface area contributed by atoms with Crippen molar-refractivity contribution < 1.29 is 23.1 Å². The van der Waals surface area contributed by atoms with Gasteiger partial charge in [0.15, 0.2) is 4.87 Å². The van der Waals surface area contributed by atoms with E-state index in [4.69, 9.17) is 4.74 Å². The van der Waals surface area contributed by atoms with Gasteiger partial charge < -0.3 is 14.7 Å². The molecule has 1 saturated heterocycles. The highest BCUT2D eigenvalue weighted by Crippen LogP contribution is 2.38. The third-order valence-corrected chi connectivity index (χ3v) is 7.73. The zero-order valence-corrected chi connectivity index (χ0v) is 17.9. The molecule has 28 heavy (non-hydrogen) atoms. The molecule has 2 aliphatic heterocycles. The summed E-state index contributed by atoms with van der Waals surface area (Å²) in [5.74, 6) is -1.20. The lowest BCUT2D eigenvalue weighted by Gasteiger charge is -2.33. The van der Waals surface area contributed by atoms with Crippen molar-refractivity contribution in [3.63, 3.8) is 0 Å². The van der Waals surface area contributed by atoms with Gasteiger partial charge in [-0.25, -0.2) is 13.2 Å². The molecule has 0 radical (unpaired) electrons. The number of rotatable bonds is 5. The number of nitrogens with zero attached hydrogens (tertiary/aromatic N) is 1. The molecule has 0 aliphatic carbocycles. The molecule has 1 aromatic carbocycles. The zero-order chi connectivity index (χ0) is 20.6. The minimum atomic E-state index is -4.06. The molecule has 2 aliphatic rings. The molecule has 1 aromatic rings. The number of ether oxygens (including phenoxy) is 1. The van der Waals surface area contributed by atoms with Crippen LogP contribution >= 0.6 is 11.8 Å². The minimum Gasteiger partial charge on any atom is -0.479 e. The summed E-state index contributed by atoms with van der Waals surface area (Å²) in [4.78, 5) is 12.3. The number of hydrogen-bond donors (Lipinski definition) is 2. The standard InChI is InChI=1S/C19H26N2O5S2/c1-18(2,3)14-5-6-16(15(13-14)21-8-10-26-11-9-21)28(24,25)20-19(17(22)23)7-4-12-27-19/h4-6,12-13,20H,7-11H2,1-3H3,(H,22,23). The number of carbonyl (C=O) groups is 1. The Morgan fingerprint density at radius 3 is 2.50 bits per heavy atom. The first-order chi connectivity index (χ1) is 13.1. The molecule has 154 valence electrons. The first-order valence-corrected chi connectivity index (χ1v) is 11.5. The monoisotopic (exact) mass is 426 g/mol. The zero-order valence-electron chi connectivity index (χ0n) is 16.3. The van der Waals surface area contributed by atoms with E-state index in [-0.39, 0.29) is 16.7 Å². The molecule has 0 spiro atoms. The van der Waals surface area contributed by atoms with E-state index in [1.54, 1.807) is 23.6 Å². The molecule has 1 unspecified atom stereocenters. The summed E-state index contributed by atoms with van der Waals surface area (Å²) >= 11 is 0.964. The van der Waals surface area contributed by atoms with Gasteiger partial charge in [-0.05, 0) is 28.5 Å². The Balaban J connectivity index is 2.05. The molecule has 0 aromatic heterocycles. The molecule has 1 fully saturated rings. The van der Waals surface area contributed by atoms with Crippen molar-refractivity contribution in [2.45, 2.75) is 42.4 Å². The van der Waals surface area contributed by atoms with Crippen LogP contribution in [0.25, 0.3) is 0 Å². The van der Waals surface area contributed by atoms with Crippen LogP contribution in [0.5, 0.6) is 0 Å². The smallest absolute Gasteiger partial charge is 0.336 e. The lowest BCUT2D eigenvalue weighted by atomic mass is 9.87. The second-order valence-corrected chi connectivity index (χ2v) is 10.8. The predicted octanol–water partition coefficient (Wildman–Crippen LogP) is 2.53. The number of aliphatic carboxylic acids is 1. The summed E-state index contributed by atoms with van der Waals surface area (Å²) in [6, 6.07) is 5.27. The Hall–Kier alpha value is -1.55. The van der Waals surface area contributed by atoms with Crippen LogP contribution < -0.4 is 9.62 Å². The fourth-order valence-electron chi connectivity index (χ4n) is 3.21. The Morgan fingerprint density at radius 2 is 1.96 bits per heavy atom. The Kier molecular flexibility index (Phi) is 5.82. The van der Waals surface area contributed by atoms with Crippen LogP contribution in [0.2, 0.25) is 0 Å². The van der Waals surface area contributed by atoms with Crippen LogP contribution in [0.3, 0.4) is 0 Å². The highest BCUT2D eigenvalue weighted by Gasteiger charge is 2.44. The van der Waals surface area contributed by atoms with E-state index in [0.717, 1.165) is 17.3 Å². The summed E-state index contributed by atoms with van der Waals surface area (Å²) in [6.07, 6.45) is 1.76. The molecule has 0 bridgehead atoms. The topological polar surface area (TPSA) is 95.9 Å². The van der Waals surface area contributed by atoms with Crippen molar-refractivity contribution in [2.75, 3.05) is 31.2 Å². The van der Waals surface area contributed by atoms with Gasteiger partial charge in [0, 0.05) is 19.5 Å². The Morgan fingerprint density at radius 1 is 1.29 bits per heavy atom. The van der Waals surface area contributed by atoms with E-state index >= 15 is 0 Å². The quantitative estimate of drug-likeness (QED) is 0.747. The minimum absolute atomic E-state index is 0.0931. The van der Waals surface area contributed by atoms with E-state index in [9.17, 15) is 18.3 Å². The van der Waals surface area contributed by atoms with Crippen LogP contribution in [0, 0.1) is 0 Å². The maximum Gasteiger partial charge on any atom is 0.336 e. The number of carboxylic acids is 1. The molecule has 9 heteroatoms. The van der Waals surface area contributed by atoms with E-state index in [1.165, 1.54) is 0 Å². The van der Waals surface area contributed by atoms with Crippen LogP contribution in [0.1, 0.15) is 32.8 Å². The molecular weight excluding hydrogens is 400 g/mol. The maximum atomic E-state index is 13.2. The highest BCUT2D eigenvalue weighted by molar-refractivity contribution is 8.05. The highest BCUT2D eigenvalue weighted by atomic mass is 32.2. The number of carboxylic acid groups (broad SMARTS) is 1. The molecule has 1 atom stereocenters. The normalized spacial score (nSPS) is 23.2. The van der Waals surface area contributed by atoms with E-state index in [1.807, 2.05) is 11.0 Å². The summed E-state index contributed by atoms with van der Waals surface area (Å²) in [6.45, 7) is 8.40. The molecule has 2 N–H and O–H groups in total. The van der Waals surface area contributed by atoms with Crippen molar-refractivity contribution in [1.29, 1.82) is 0 Å². The number of thioether (sulfide) groups is 1. The van der Waals surface area contributed by atoms with Gasteiger partial charge >= 0.3 is 5.97 Å². The summed E-state index contributed by atoms with van der Waals surface area (Å²) < 4.78 is 34.3. The SMILES string of the molecule is CC(C)(C)c1ccc(S(=O)(=O)NC2(C(=O)O)CC=CS2)c(N2CCOCC2)c1. The van der Waals surface area contributed by atoms with Gasteiger partial charge in [-0.15, -0.1) is 0 Å². The fraction of sp³-hybridized carbons (Fsp3) is 0.526. The Bertz CT molecular complexity index is 876. The fourth-order valence-corrected chi connectivity index (χ4v) is 5.87. The number of sulfonamides is 1. The van der Waals surface area contributed by atoms with Gasteiger partial charge in [0.1, 0.15) is 4.90 Å². The largest absolute Gasteiger partial charge is 0.479 e. The predicted molar refractivity (Wildman–Crippen MR) is 110 cm³/mol. The van der Waals surface area contributed by atoms with Gasteiger partial charge in [-0.3, -0.25) is 0 Å². The van der Waals surface area contributed by atoms with Crippen LogP contribution in [0.15, 0.2) is 34.6 Å². The third-order valence-electron chi connectivity index (χ3n) is 4.88. The average molecular weight is 427 g/mol. The first kappa shape index (κ1) is 21.2. The first-order valence-electron chi connectivity index (χ1n) is 9.13. The lowest BCUT2D eigenvalue weighted by molar-refractivity contribution is -0.140. The molecule has 0 amide bonds. The number of anilines is 1.